The third kappa shape index (κ3) is 2.34. The molecule has 1 atom stereocenters. The summed E-state index contributed by atoms with van der Waals surface area (Å²) < 4.78 is 0. The van der Waals surface area contributed by atoms with E-state index in [1.54, 1.807) is 12.5 Å². The fourth-order valence-electron chi connectivity index (χ4n) is 1.89. The van der Waals surface area contributed by atoms with E-state index in [-0.39, 0.29) is 6.04 Å². The predicted octanol–water partition coefficient (Wildman–Crippen LogP) is -0.358. The lowest BCUT2D eigenvalue weighted by Gasteiger charge is -2.33. The standard InChI is InChI=1S/C9H15N5S/c10-9(15)8(7-5-12-6-13-7)14-3-1-11-2-4-14/h5-6,8,11H,1-4H2,(H2,10,15)(H,12,13). The lowest BCUT2D eigenvalue weighted by Crippen LogP contribution is -2.48. The smallest absolute Gasteiger partial charge is 0.102 e. The second-order valence-corrected chi connectivity index (χ2v) is 4.07. The van der Waals surface area contributed by atoms with Gasteiger partial charge in [-0.1, -0.05) is 12.2 Å². The number of rotatable bonds is 3. The Morgan fingerprint density at radius 3 is 2.80 bits per heavy atom. The van der Waals surface area contributed by atoms with Gasteiger partial charge in [0.15, 0.2) is 0 Å². The third-order valence-electron chi connectivity index (χ3n) is 2.60. The van der Waals surface area contributed by atoms with Gasteiger partial charge in [-0.05, 0) is 0 Å². The number of nitrogens with one attached hydrogen (secondary N) is 2. The van der Waals surface area contributed by atoms with E-state index in [9.17, 15) is 0 Å². The van der Waals surface area contributed by atoms with Crippen molar-refractivity contribution in [3.05, 3.63) is 18.2 Å². The molecule has 5 nitrogen and oxygen atoms in total. The highest BCUT2D eigenvalue weighted by molar-refractivity contribution is 7.80. The van der Waals surface area contributed by atoms with Crippen molar-refractivity contribution in [2.24, 2.45) is 5.73 Å². The van der Waals surface area contributed by atoms with E-state index >= 15 is 0 Å². The molecule has 2 rings (SSSR count). The van der Waals surface area contributed by atoms with Crippen LogP contribution >= 0.6 is 12.2 Å². The van der Waals surface area contributed by atoms with Crippen molar-refractivity contribution in [2.75, 3.05) is 26.2 Å². The molecule has 0 spiro atoms. The molecule has 0 saturated carbocycles. The first-order valence-electron chi connectivity index (χ1n) is 5.01. The predicted molar refractivity (Wildman–Crippen MR) is 62.6 cm³/mol. The second kappa shape index (κ2) is 4.69. The first-order valence-corrected chi connectivity index (χ1v) is 5.42. The highest BCUT2D eigenvalue weighted by Crippen LogP contribution is 2.18. The molecule has 1 fully saturated rings. The summed E-state index contributed by atoms with van der Waals surface area (Å²) in [4.78, 5) is 9.85. The number of imidazole rings is 1. The molecule has 1 aliphatic rings. The molecule has 0 aromatic carbocycles. The summed E-state index contributed by atoms with van der Waals surface area (Å²) in [6.07, 6.45) is 3.44. The SMILES string of the molecule is NC(=S)C(c1cnc[nH]1)N1CCNCC1. The molecule has 2 heterocycles. The normalized spacial score (nSPS) is 20.0. The Morgan fingerprint density at radius 2 is 2.27 bits per heavy atom. The fourth-order valence-corrected chi connectivity index (χ4v) is 2.16. The zero-order valence-corrected chi connectivity index (χ0v) is 9.26. The van der Waals surface area contributed by atoms with Crippen molar-refractivity contribution < 1.29 is 0 Å². The molecule has 6 heteroatoms. The molecular weight excluding hydrogens is 210 g/mol. The largest absolute Gasteiger partial charge is 0.392 e. The van der Waals surface area contributed by atoms with Crippen molar-refractivity contribution in [3.63, 3.8) is 0 Å². The van der Waals surface area contributed by atoms with Crippen molar-refractivity contribution in [3.8, 4) is 0 Å². The molecule has 1 unspecified atom stereocenters. The van der Waals surface area contributed by atoms with Crippen LogP contribution in [0.15, 0.2) is 12.5 Å². The summed E-state index contributed by atoms with van der Waals surface area (Å²) in [5, 5.41) is 3.30. The van der Waals surface area contributed by atoms with Crippen LogP contribution in [0.3, 0.4) is 0 Å². The molecule has 1 aromatic rings. The van der Waals surface area contributed by atoms with Crippen LogP contribution in [0, 0.1) is 0 Å². The molecule has 15 heavy (non-hydrogen) atoms. The Kier molecular flexibility index (Phi) is 3.30. The molecular formula is C9H15N5S. The lowest BCUT2D eigenvalue weighted by atomic mass is 10.1. The maximum absolute atomic E-state index is 5.78. The van der Waals surface area contributed by atoms with Crippen LogP contribution in [0.4, 0.5) is 0 Å². The molecule has 0 aliphatic carbocycles. The topological polar surface area (TPSA) is 70.0 Å². The van der Waals surface area contributed by atoms with Crippen LogP contribution in [0.1, 0.15) is 11.7 Å². The van der Waals surface area contributed by atoms with Crippen LogP contribution in [-0.4, -0.2) is 46.0 Å². The van der Waals surface area contributed by atoms with Gasteiger partial charge in [0.2, 0.25) is 0 Å². The van der Waals surface area contributed by atoms with Gasteiger partial charge >= 0.3 is 0 Å². The number of thiocarbonyl (C=S) groups is 1. The molecule has 1 aliphatic heterocycles. The van der Waals surface area contributed by atoms with E-state index < -0.39 is 0 Å². The molecule has 4 N–H and O–H groups in total. The first-order chi connectivity index (χ1) is 7.29. The number of nitrogens with two attached hydrogens (primary N) is 1. The van der Waals surface area contributed by atoms with Gasteiger partial charge in [0.05, 0.1) is 17.0 Å². The van der Waals surface area contributed by atoms with Gasteiger partial charge in [-0.25, -0.2) is 4.98 Å². The minimum Gasteiger partial charge on any atom is -0.392 e. The maximum Gasteiger partial charge on any atom is 0.102 e. The molecule has 0 radical (unpaired) electrons. The lowest BCUT2D eigenvalue weighted by molar-refractivity contribution is 0.212. The average Bonchev–Trinajstić information content (AvgIpc) is 2.72. The minimum atomic E-state index is -0.00963. The summed E-state index contributed by atoms with van der Waals surface area (Å²) in [7, 11) is 0. The summed E-state index contributed by atoms with van der Waals surface area (Å²) in [6.45, 7) is 3.88. The van der Waals surface area contributed by atoms with Crippen LogP contribution in [0.5, 0.6) is 0 Å². The van der Waals surface area contributed by atoms with Gasteiger partial charge in [-0.2, -0.15) is 0 Å². The van der Waals surface area contributed by atoms with E-state index in [1.165, 1.54) is 0 Å². The van der Waals surface area contributed by atoms with Gasteiger partial charge in [0, 0.05) is 32.4 Å². The van der Waals surface area contributed by atoms with Crippen molar-refractivity contribution in [2.45, 2.75) is 6.04 Å². The van der Waals surface area contributed by atoms with E-state index in [2.05, 4.69) is 20.2 Å². The number of aromatic nitrogens is 2. The van der Waals surface area contributed by atoms with Crippen molar-refractivity contribution in [1.82, 2.24) is 20.2 Å². The van der Waals surface area contributed by atoms with Crippen LogP contribution in [0.2, 0.25) is 0 Å². The monoisotopic (exact) mass is 225 g/mol. The number of aromatic amines is 1. The number of nitrogens with zero attached hydrogens (tertiary/aromatic N) is 2. The van der Waals surface area contributed by atoms with Crippen LogP contribution in [0.25, 0.3) is 0 Å². The number of piperazine rings is 1. The Balaban J connectivity index is 2.15. The zero-order valence-electron chi connectivity index (χ0n) is 8.44. The Bertz CT molecular complexity index is 317. The van der Waals surface area contributed by atoms with Gasteiger partial charge in [0.1, 0.15) is 6.04 Å². The summed E-state index contributed by atoms with van der Waals surface area (Å²) in [5.74, 6) is 0. The van der Waals surface area contributed by atoms with Gasteiger partial charge in [-0.15, -0.1) is 0 Å². The number of hydrogen-bond donors (Lipinski definition) is 3. The van der Waals surface area contributed by atoms with Gasteiger partial charge in [-0.3, -0.25) is 4.90 Å². The zero-order chi connectivity index (χ0) is 10.7. The fraction of sp³-hybridized carbons (Fsp3) is 0.556. The Labute approximate surface area is 94.1 Å². The molecule has 1 aromatic heterocycles. The van der Waals surface area contributed by atoms with Gasteiger partial charge in [0.25, 0.3) is 0 Å². The highest BCUT2D eigenvalue weighted by atomic mass is 32.1. The summed E-state index contributed by atoms with van der Waals surface area (Å²) >= 11 is 5.11. The summed E-state index contributed by atoms with van der Waals surface area (Å²) in [5.41, 5.74) is 6.76. The van der Waals surface area contributed by atoms with E-state index in [1.807, 2.05) is 0 Å². The molecule has 82 valence electrons. The average molecular weight is 225 g/mol. The van der Waals surface area contributed by atoms with Gasteiger partial charge < -0.3 is 16.0 Å². The van der Waals surface area contributed by atoms with Crippen molar-refractivity contribution in [1.29, 1.82) is 0 Å². The number of H-pyrrole nitrogens is 1. The second-order valence-electron chi connectivity index (χ2n) is 3.60. The molecule has 0 amide bonds. The van der Waals surface area contributed by atoms with E-state index in [0.29, 0.717) is 4.99 Å². The first kappa shape index (κ1) is 10.5. The van der Waals surface area contributed by atoms with Crippen molar-refractivity contribution >= 4 is 17.2 Å². The highest BCUT2D eigenvalue weighted by Gasteiger charge is 2.25. The molecule has 0 bridgehead atoms. The molecule has 1 saturated heterocycles. The van der Waals surface area contributed by atoms with E-state index in [0.717, 1.165) is 31.9 Å². The third-order valence-corrected chi connectivity index (χ3v) is 2.82. The Morgan fingerprint density at radius 1 is 1.53 bits per heavy atom. The van der Waals surface area contributed by atoms with E-state index in [4.69, 9.17) is 18.0 Å². The Hall–Kier alpha value is -0.980. The summed E-state index contributed by atoms with van der Waals surface area (Å²) in [6, 6.07) is -0.00963. The quantitative estimate of drug-likeness (QED) is 0.613. The minimum absolute atomic E-state index is 0.00963. The number of hydrogen-bond acceptors (Lipinski definition) is 4. The van der Waals surface area contributed by atoms with Crippen LogP contribution < -0.4 is 11.1 Å². The maximum atomic E-state index is 5.78. The van der Waals surface area contributed by atoms with Crippen LogP contribution in [-0.2, 0) is 0 Å².